The minimum atomic E-state index is -0.343. The number of hydrogen-bond donors (Lipinski definition) is 1. The van der Waals surface area contributed by atoms with Crippen LogP contribution in [0, 0.1) is 11.3 Å². The topological polar surface area (TPSA) is 81.9 Å². The summed E-state index contributed by atoms with van der Waals surface area (Å²) in [7, 11) is 0. The summed E-state index contributed by atoms with van der Waals surface area (Å²) in [5.74, 6) is 0.344. The van der Waals surface area contributed by atoms with Crippen LogP contribution in [0.15, 0.2) is 67.0 Å². The van der Waals surface area contributed by atoms with Crippen molar-refractivity contribution in [1.82, 2.24) is 9.97 Å². The Morgan fingerprint density at radius 3 is 2.67 bits per heavy atom. The molecule has 3 rings (SSSR count). The largest absolute Gasteiger partial charge is 0.352 e. The van der Waals surface area contributed by atoms with Gasteiger partial charge in [0.1, 0.15) is 17.8 Å². The molecule has 6 heteroatoms. The molecule has 0 aliphatic rings. The molecule has 0 saturated heterocycles. The molecule has 27 heavy (non-hydrogen) atoms. The van der Waals surface area contributed by atoms with Crippen LogP contribution in [0.25, 0.3) is 0 Å². The number of aromatic nitrogens is 2. The maximum absolute atomic E-state index is 12.5. The number of anilines is 2. The fourth-order valence-corrected chi connectivity index (χ4v) is 2.66. The zero-order chi connectivity index (χ0) is 19.1. The van der Waals surface area contributed by atoms with Gasteiger partial charge in [-0.05, 0) is 30.7 Å². The summed E-state index contributed by atoms with van der Waals surface area (Å²) in [6, 6.07) is 20.6. The molecule has 0 fully saturated rings. The summed E-state index contributed by atoms with van der Waals surface area (Å²) in [5, 5.41) is 11.7. The van der Waals surface area contributed by atoms with Crippen LogP contribution in [0.5, 0.6) is 0 Å². The molecule has 0 atom stereocenters. The summed E-state index contributed by atoms with van der Waals surface area (Å²) in [5.41, 5.74) is 2.47. The highest BCUT2D eigenvalue weighted by atomic mass is 16.1. The number of amides is 1. The fourth-order valence-electron chi connectivity index (χ4n) is 2.66. The second-order valence-electron chi connectivity index (χ2n) is 5.91. The zero-order valence-corrected chi connectivity index (χ0v) is 15.0. The van der Waals surface area contributed by atoms with E-state index in [1.165, 1.54) is 6.33 Å². The highest BCUT2D eigenvalue weighted by Crippen LogP contribution is 2.16. The summed E-state index contributed by atoms with van der Waals surface area (Å²) in [4.78, 5) is 23.0. The van der Waals surface area contributed by atoms with Crippen LogP contribution >= 0.6 is 0 Å². The van der Waals surface area contributed by atoms with E-state index in [0.717, 1.165) is 12.1 Å². The van der Waals surface area contributed by atoms with Gasteiger partial charge in [-0.25, -0.2) is 9.97 Å². The Morgan fingerprint density at radius 2 is 1.93 bits per heavy atom. The number of nitriles is 1. The van der Waals surface area contributed by atoms with Gasteiger partial charge in [-0.2, -0.15) is 5.26 Å². The van der Waals surface area contributed by atoms with Crippen molar-refractivity contribution in [2.24, 2.45) is 0 Å². The Morgan fingerprint density at radius 1 is 1.11 bits per heavy atom. The van der Waals surface area contributed by atoms with E-state index in [9.17, 15) is 4.79 Å². The molecule has 134 valence electrons. The third kappa shape index (κ3) is 4.67. The van der Waals surface area contributed by atoms with Crippen LogP contribution in [0.1, 0.15) is 28.5 Å². The van der Waals surface area contributed by atoms with Crippen LogP contribution in [0.2, 0.25) is 0 Å². The number of nitrogens with zero attached hydrogens (tertiary/aromatic N) is 4. The molecule has 1 amide bonds. The normalized spacial score (nSPS) is 10.1. The Hall–Kier alpha value is -3.72. The van der Waals surface area contributed by atoms with Crippen LogP contribution in [0.4, 0.5) is 11.5 Å². The van der Waals surface area contributed by atoms with Gasteiger partial charge in [0.25, 0.3) is 5.91 Å². The van der Waals surface area contributed by atoms with Crippen LogP contribution in [0.3, 0.4) is 0 Å². The van der Waals surface area contributed by atoms with E-state index in [0.29, 0.717) is 23.6 Å². The molecule has 1 heterocycles. The third-order valence-electron chi connectivity index (χ3n) is 4.06. The van der Waals surface area contributed by atoms with Crippen LogP contribution in [-0.4, -0.2) is 22.4 Å². The van der Waals surface area contributed by atoms with Gasteiger partial charge in [-0.3, -0.25) is 4.79 Å². The molecule has 0 aliphatic carbocycles. The molecule has 3 aromatic rings. The van der Waals surface area contributed by atoms with E-state index in [1.807, 2.05) is 25.1 Å². The first-order chi connectivity index (χ1) is 13.2. The number of rotatable bonds is 6. The van der Waals surface area contributed by atoms with E-state index in [4.69, 9.17) is 5.26 Å². The summed E-state index contributed by atoms with van der Waals surface area (Å²) < 4.78 is 0. The number of carbonyl (C=O) groups excluding carboxylic acids is 1. The Labute approximate surface area is 158 Å². The van der Waals surface area contributed by atoms with Gasteiger partial charge in [0.15, 0.2) is 0 Å². The first-order valence-corrected chi connectivity index (χ1v) is 8.62. The molecule has 0 bridgehead atoms. The summed E-state index contributed by atoms with van der Waals surface area (Å²) in [6.45, 7) is 3.48. The average Bonchev–Trinajstić information content (AvgIpc) is 2.73. The molecule has 6 nitrogen and oxygen atoms in total. The van der Waals surface area contributed by atoms with Gasteiger partial charge in [0.2, 0.25) is 0 Å². The molecule has 1 N–H and O–H groups in total. The monoisotopic (exact) mass is 357 g/mol. The van der Waals surface area contributed by atoms with E-state index in [2.05, 4.69) is 38.4 Å². The van der Waals surface area contributed by atoms with Gasteiger partial charge >= 0.3 is 0 Å². The SMILES string of the molecule is CCN(Cc1ccccc1)c1cc(C(=O)Nc2cccc(C#N)c2)ncn1. The Kier molecular flexibility index (Phi) is 5.75. The summed E-state index contributed by atoms with van der Waals surface area (Å²) in [6.07, 6.45) is 1.39. The molecule has 0 unspecified atom stereocenters. The number of benzene rings is 2. The lowest BCUT2D eigenvalue weighted by Gasteiger charge is -2.22. The van der Waals surface area contributed by atoms with Crippen LogP contribution in [-0.2, 0) is 6.54 Å². The van der Waals surface area contributed by atoms with E-state index < -0.39 is 0 Å². The minimum absolute atomic E-state index is 0.272. The average molecular weight is 357 g/mol. The molecular weight excluding hydrogens is 338 g/mol. The Bertz CT molecular complexity index is 966. The maximum atomic E-state index is 12.5. The van der Waals surface area contributed by atoms with Gasteiger partial charge in [0.05, 0.1) is 11.6 Å². The van der Waals surface area contributed by atoms with Gasteiger partial charge in [-0.15, -0.1) is 0 Å². The van der Waals surface area contributed by atoms with Crippen molar-refractivity contribution >= 4 is 17.4 Å². The van der Waals surface area contributed by atoms with Crippen molar-refractivity contribution in [2.75, 3.05) is 16.8 Å². The molecule has 0 spiro atoms. The van der Waals surface area contributed by atoms with E-state index in [-0.39, 0.29) is 11.6 Å². The van der Waals surface area contributed by atoms with Crippen molar-refractivity contribution in [3.05, 3.63) is 83.8 Å². The van der Waals surface area contributed by atoms with Gasteiger partial charge < -0.3 is 10.2 Å². The standard InChI is InChI=1S/C21H19N5O/c1-2-26(14-16-7-4-3-5-8-16)20-12-19(23-15-24-20)21(27)25-18-10-6-9-17(11-18)13-22/h3-12,15H,2,14H2,1H3,(H,25,27). The quantitative estimate of drug-likeness (QED) is 0.728. The van der Waals surface area contributed by atoms with Crippen molar-refractivity contribution in [2.45, 2.75) is 13.5 Å². The summed E-state index contributed by atoms with van der Waals surface area (Å²) >= 11 is 0. The first kappa shape index (κ1) is 18.1. The molecular formula is C21H19N5O. The molecule has 0 radical (unpaired) electrons. The highest BCUT2D eigenvalue weighted by Gasteiger charge is 2.13. The van der Waals surface area contributed by atoms with Crippen molar-refractivity contribution in [1.29, 1.82) is 5.26 Å². The smallest absolute Gasteiger partial charge is 0.274 e. The molecule has 2 aromatic carbocycles. The van der Waals surface area contributed by atoms with E-state index in [1.54, 1.807) is 30.3 Å². The number of hydrogen-bond acceptors (Lipinski definition) is 5. The zero-order valence-electron chi connectivity index (χ0n) is 15.0. The fraction of sp³-hybridized carbons (Fsp3) is 0.143. The van der Waals surface area contributed by atoms with Gasteiger partial charge in [-0.1, -0.05) is 36.4 Å². The number of carbonyl (C=O) groups is 1. The molecule has 1 aromatic heterocycles. The minimum Gasteiger partial charge on any atom is -0.352 e. The number of nitrogens with one attached hydrogen (secondary N) is 1. The predicted molar refractivity (Wildman–Crippen MR) is 104 cm³/mol. The van der Waals surface area contributed by atoms with E-state index >= 15 is 0 Å². The Balaban J connectivity index is 1.77. The lowest BCUT2D eigenvalue weighted by Crippen LogP contribution is -2.24. The van der Waals surface area contributed by atoms with Crippen LogP contribution < -0.4 is 10.2 Å². The highest BCUT2D eigenvalue weighted by molar-refractivity contribution is 6.03. The van der Waals surface area contributed by atoms with Crippen molar-refractivity contribution < 1.29 is 4.79 Å². The molecule has 0 saturated carbocycles. The van der Waals surface area contributed by atoms with Crippen molar-refractivity contribution in [3.63, 3.8) is 0 Å². The maximum Gasteiger partial charge on any atom is 0.274 e. The lowest BCUT2D eigenvalue weighted by molar-refractivity contribution is 0.102. The predicted octanol–water partition coefficient (Wildman–Crippen LogP) is 3.63. The second kappa shape index (κ2) is 8.59. The lowest BCUT2D eigenvalue weighted by atomic mass is 10.2. The first-order valence-electron chi connectivity index (χ1n) is 8.62. The van der Waals surface area contributed by atoms with Crippen molar-refractivity contribution in [3.8, 4) is 6.07 Å². The second-order valence-corrected chi connectivity index (χ2v) is 5.91. The third-order valence-corrected chi connectivity index (χ3v) is 4.06. The molecule has 0 aliphatic heterocycles. The van der Waals surface area contributed by atoms with Gasteiger partial charge in [0, 0.05) is 24.8 Å².